The number of benzene rings is 1. The molecule has 0 atom stereocenters. The Morgan fingerprint density at radius 1 is 0.778 bits per heavy atom. The molecule has 1 rings (SSSR count). The molecule has 0 saturated heterocycles. The molecule has 0 unspecified atom stereocenters. The molecular weight excluding hydrogens is 377 g/mol. The van der Waals surface area contributed by atoms with E-state index in [2.05, 4.69) is 36.2 Å². The van der Waals surface area contributed by atoms with Gasteiger partial charge in [0.15, 0.2) is 0 Å². The Morgan fingerprint density at radius 2 is 1.19 bits per heavy atom. The largest absolute Gasteiger partial charge is 0.523 e. The average molecular weight is 409 g/mol. The van der Waals surface area contributed by atoms with E-state index in [0.29, 0.717) is 6.42 Å². The second-order valence-corrected chi connectivity index (χ2v) is 8.50. The van der Waals surface area contributed by atoms with Crippen LogP contribution in [0.5, 0.6) is 0 Å². The van der Waals surface area contributed by atoms with Gasteiger partial charge in [-0.05, 0) is 55.2 Å². The number of alkyl halides is 3. The lowest BCUT2D eigenvalue weighted by Crippen LogP contribution is -2.26. The standard InChI is InChI=1S/C20H31F3O3S/c1-3-5-7-10-17-14-18(11-8-6-4-2)16-19(15-17)12-9-13-26-27(24,25)20(21,22)23/h14-16H,3-13H2,1-2H3. The fourth-order valence-corrected chi connectivity index (χ4v) is 3.41. The van der Waals surface area contributed by atoms with Crippen LogP contribution in [0.3, 0.4) is 0 Å². The van der Waals surface area contributed by atoms with Crippen molar-refractivity contribution in [2.75, 3.05) is 6.61 Å². The monoisotopic (exact) mass is 408 g/mol. The van der Waals surface area contributed by atoms with Gasteiger partial charge in [-0.25, -0.2) is 0 Å². The zero-order valence-corrected chi connectivity index (χ0v) is 17.1. The molecule has 1 aromatic rings. The first kappa shape index (κ1) is 24.0. The van der Waals surface area contributed by atoms with Gasteiger partial charge >= 0.3 is 15.6 Å². The highest BCUT2D eigenvalue weighted by Crippen LogP contribution is 2.25. The first-order valence-corrected chi connectivity index (χ1v) is 11.2. The zero-order valence-electron chi connectivity index (χ0n) is 16.3. The van der Waals surface area contributed by atoms with Crippen LogP contribution < -0.4 is 0 Å². The maximum Gasteiger partial charge on any atom is 0.523 e. The molecule has 0 bridgehead atoms. The molecule has 0 aromatic heterocycles. The van der Waals surface area contributed by atoms with Gasteiger partial charge in [0.05, 0.1) is 6.61 Å². The maximum atomic E-state index is 12.3. The van der Waals surface area contributed by atoms with Crippen LogP contribution in [-0.4, -0.2) is 20.5 Å². The van der Waals surface area contributed by atoms with Gasteiger partial charge in [-0.2, -0.15) is 21.6 Å². The van der Waals surface area contributed by atoms with Crippen LogP contribution in [0.2, 0.25) is 0 Å². The molecule has 3 nitrogen and oxygen atoms in total. The van der Waals surface area contributed by atoms with Crippen LogP contribution in [0, 0.1) is 0 Å². The maximum absolute atomic E-state index is 12.3. The summed E-state index contributed by atoms with van der Waals surface area (Å²) >= 11 is 0. The fraction of sp³-hybridized carbons (Fsp3) is 0.700. The Morgan fingerprint density at radius 3 is 1.56 bits per heavy atom. The molecule has 0 amide bonds. The van der Waals surface area contributed by atoms with Crippen molar-refractivity contribution in [3.05, 3.63) is 34.9 Å². The van der Waals surface area contributed by atoms with Crippen LogP contribution in [0.15, 0.2) is 18.2 Å². The topological polar surface area (TPSA) is 43.4 Å². The Hall–Kier alpha value is -1.08. The summed E-state index contributed by atoms with van der Waals surface area (Å²) in [5, 5.41) is 0. The van der Waals surface area contributed by atoms with Gasteiger partial charge in [-0.3, -0.25) is 4.18 Å². The summed E-state index contributed by atoms with van der Waals surface area (Å²) in [6, 6.07) is 6.38. The van der Waals surface area contributed by atoms with E-state index < -0.39 is 22.2 Å². The first-order chi connectivity index (χ1) is 12.7. The van der Waals surface area contributed by atoms with E-state index in [0.717, 1.165) is 44.1 Å². The molecule has 0 fully saturated rings. The molecule has 156 valence electrons. The second-order valence-electron chi connectivity index (χ2n) is 6.90. The highest BCUT2D eigenvalue weighted by Gasteiger charge is 2.47. The van der Waals surface area contributed by atoms with Gasteiger partial charge in [0.2, 0.25) is 0 Å². The Balaban J connectivity index is 2.67. The summed E-state index contributed by atoms with van der Waals surface area (Å²) in [6.45, 7) is 3.84. The zero-order chi connectivity index (χ0) is 20.3. The van der Waals surface area contributed by atoms with Gasteiger partial charge in [0, 0.05) is 0 Å². The number of hydrogen-bond acceptors (Lipinski definition) is 3. The second kappa shape index (κ2) is 11.7. The number of hydrogen-bond donors (Lipinski definition) is 0. The Labute approximate surface area is 161 Å². The van der Waals surface area contributed by atoms with Crippen molar-refractivity contribution in [1.82, 2.24) is 0 Å². The molecule has 0 N–H and O–H groups in total. The van der Waals surface area contributed by atoms with Crippen LogP contribution in [-0.2, 0) is 33.6 Å². The quantitative estimate of drug-likeness (QED) is 0.230. The van der Waals surface area contributed by atoms with Crippen molar-refractivity contribution >= 4 is 10.1 Å². The average Bonchev–Trinajstić information content (AvgIpc) is 2.58. The van der Waals surface area contributed by atoms with Gasteiger partial charge in [0.25, 0.3) is 0 Å². The molecule has 0 radical (unpaired) electrons. The van der Waals surface area contributed by atoms with E-state index in [9.17, 15) is 21.6 Å². The molecular formula is C20H31F3O3S. The van der Waals surface area contributed by atoms with E-state index in [1.54, 1.807) is 0 Å². The Bertz CT molecular complexity index is 627. The lowest BCUT2D eigenvalue weighted by Gasteiger charge is -2.11. The van der Waals surface area contributed by atoms with Crippen LogP contribution in [0.4, 0.5) is 13.2 Å². The molecule has 0 saturated carbocycles. The number of halogens is 3. The van der Waals surface area contributed by atoms with Crippen molar-refractivity contribution in [2.24, 2.45) is 0 Å². The molecule has 0 aliphatic carbocycles. The number of unbranched alkanes of at least 4 members (excludes halogenated alkanes) is 4. The molecule has 7 heteroatoms. The fourth-order valence-electron chi connectivity index (χ4n) is 2.94. The summed E-state index contributed by atoms with van der Waals surface area (Å²) in [6.07, 6.45) is 9.54. The van der Waals surface area contributed by atoms with Gasteiger partial charge in [-0.15, -0.1) is 0 Å². The summed E-state index contributed by atoms with van der Waals surface area (Å²) < 4.78 is 62.7. The van der Waals surface area contributed by atoms with Crippen LogP contribution in [0.1, 0.15) is 75.5 Å². The van der Waals surface area contributed by atoms with E-state index in [4.69, 9.17) is 0 Å². The normalized spacial score (nSPS) is 12.5. The Kier molecular flexibility index (Phi) is 10.4. The predicted octanol–water partition coefficient (Wildman–Crippen LogP) is 5.95. The molecule has 27 heavy (non-hydrogen) atoms. The van der Waals surface area contributed by atoms with Crippen LogP contribution in [0.25, 0.3) is 0 Å². The summed E-state index contributed by atoms with van der Waals surface area (Å²) in [5.74, 6) is 0. The third-order valence-corrected chi connectivity index (χ3v) is 5.43. The van der Waals surface area contributed by atoms with Crippen molar-refractivity contribution in [3.8, 4) is 0 Å². The third-order valence-electron chi connectivity index (χ3n) is 4.38. The lowest BCUT2D eigenvalue weighted by molar-refractivity contribution is -0.0542. The molecule has 1 aromatic carbocycles. The van der Waals surface area contributed by atoms with Crippen LogP contribution >= 0.6 is 0 Å². The van der Waals surface area contributed by atoms with E-state index in [1.165, 1.54) is 24.0 Å². The molecule has 0 spiro atoms. The predicted molar refractivity (Wildman–Crippen MR) is 102 cm³/mol. The SMILES string of the molecule is CCCCCc1cc(CCCCC)cc(CCCOS(=O)(=O)C(F)(F)F)c1. The summed E-state index contributed by atoms with van der Waals surface area (Å²) in [7, 11) is -5.50. The summed E-state index contributed by atoms with van der Waals surface area (Å²) in [5.41, 5.74) is -1.84. The number of rotatable bonds is 13. The minimum Gasteiger partial charge on any atom is -0.263 e. The lowest BCUT2D eigenvalue weighted by atomic mass is 9.96. The minimum atomic E-state index is -5.50. The summed E-state index contributed by atoms with van der Waals surface area (Å²) in [4.78, 5) is 0. The minimum absolute atomic E-state index is 0.224. The van der Waals surface area contributed by atoms with E-state index >= 15 is 0 Å². The van der Waals surface area contributed by atoms with Gasteiger partial charge in [0.1, 0.15) is 0 Å². The van der Waals surface area contributed by atoms with Crippen molar-refractivity contribution < 1.29 is 25.8 Å². The third kappa shape index (κ3) is 9.10. The highest BCUT2D eigenvalue weighted by atomic mass is 32.2. The number of aryl methyl sites for hydroxylation is 3. The highest BCUT2D eigenvalue weighted by molar-refractivity contribution is 7.87. The van der Waals surface area contributed by atoms with Crippen molar-refractivity contribution in [2.45, 2.75) is 83.6 Å². The molecule has 0 aliphatic heterocycles. The van der Waals surface area contributed by atoms with Gasteiger partial charge in [-0.1, -0.05) is 57.7 Å². The smallest absolute Gasteiger partial charge is 0.263 e. The van der Waals surface area contributed by atoms with Crippen molar-refractivity contribution in [1.29, 1.82) is 0 Å². The first-order valence-electron chi connectivity index (χ1n) is 9.77. The van der Waals surface area contributed by atoms with E-state index in [-0.39, 0.29) is 6.42 Å². The van der Waals surface area contributed by atoms with Gasteiger partial charge < -0.3 is 0 Å². The van der Waals surface area contributed by atoms with Crippen molar-refractivity contribution in [3.63, 3.8) is 0 Å². The molecule has 0 heterocycles. The molecule has 0 aliphatic rings. The van der Waals surface area contributed by atoms with E-state index in [1.807, 2.05) is 0 Å².